The molecule has 84 valence electrons. The van der Waals surface area contributed by atoms with E-state index in [4.69, 9.17) is 0 Å². The van der Waals surface area contributed by atoms with Gasteiger partial charge in [0.05, 0.1) is 11.9 Å². The normalized spacial score (nSPS) is 11.7. The Labute approximate surface area is 95.3 Å². The van der Waals surface area contributed by atoms with Crippen molar-refractivity contribution in [3.05, 3.63) is 42.1 Å². The SMILES string of the molecule is CC(C)(C)c1ccc(-n2nccc2O)cc1. The minimum absolute atomic E-state index is 0.144. The summed E-state index contributed by atoms with van der Waals surface area (Å²) in [4.78, 5) is 0. The number of rotatable bonds is 1. The van der Waals surface area contributed by atoms with Gasteiger partial charge in [-0.15, -0.1) is 0 Å². The summed E-state index contributed by atoms with van der Waals surface area (Å²) >= 11 is 0. The van der Waals surface area contributed by atoms with Crippen LogP contribution in [0.4, 0.5) is 0 Å². The summed E-state index contributed by atoms with van der Waals surface area (Å²) in [6.45, 7) is 6.52. The maximum atomic E-state index is 9.53. The minimum Gasteiger partial charge on any atom is -0.493 e. The molecule has 0 atom stereocenters. The van der Waals surface area contributed by atoms with Crippen molar-refractivity contribution >= 4 is 0 Å². The molecule has 1 aromatic carbocycles. The van der Waals surface area contributed by atoms with Gasteiger partial charge < -0.3 is 5.11 Å². The summed E-state index contributed by atoms with van der Waals surface area (Å²) < 4.78 is 1.51. The fraction of sp³-hybridized carbons (Fsp3) is 0.308. The van der Waals surface area contributed by atoms with Gasteiger partial charge in [0.2, 0.25) is 5.88 Å². The smallest absolute Gasteiger partial charge is 0.214 e. The highest BCUT2D eigenvalue weighted by atomic mass is 16.3. The van der Waals surface area contributed by atoms with E-state index in [-0.39, 0.29) is 11.3 Å². The molecular weight excluding hydrogens is 200 g/mol. The predicted octanol–water partition coefficient (Wildman–Crippen LogP) is 2.88. The van der Waals surface area contributed by atoms with E-state index in [1.807, 2.05) is 12.1 Å². The van der Waals surface area contributed by atoms with Crippen molar-refractivity contribution in [3.63, 3.8) is 0 Å². The van der Waals surface area contributed by atoms with E-state index in [1.165, 1.54) is 10.2 Å². The topological polar surface area (TPSA) is 38.0 Å². The first-order valence-electron chi connectivity index (χ1n) is 5.32. The fourth-order valence-electron chi connectivity index (χ4n) is 1.60. The zero-order valence-corrected chi connectivity index (χ0v) is 9.81. The number of nitrogens with zero attached hydrogens (tertiary/aromatic N) is 2. The zero-order valence-electron chi connectivity index (χ0n) is 9.81. The molecule has 0 aliphatic rings. The monoisotopic (exact) mass is 216 g/mol. The Morgan fingerprint density at radius 1 is 1.06 bits per heavy atom. The maximum absolute atomic E-state index is 9.53. The second-order valence-electron chi connectivity index (χ2n) is 4.90. The van der Waals surface area contributed by atoms with Gasteiger partial charge in [0.25, 0.3) is 0 Å². The predicted molar refractivity (Wildman–Crippen MR) is 63.9 cm³/mol. The van der Waals surface area contributed by atoms with E-state index in [1.54, 1.807) is 12.3 Å². The molecule has 0 spiro atoms. The van der Waals surface area contributed by atoms with Crippen molar-refractivity contribution in [1.29, 1.82) is 0 Å². The Balaban J connectivity index is 2.37. The highest BCUT2D eigenvalue weighted by molar-refractivity contribution is 5.38. The fourth-order valence-corrected chi connectivity index (χ4v) is 1.60. The lowest BCUT2D eigenvalue weighted by molar-refractivity contribution is 0.433. The van der Waals surface area contributed by atoms with Crippen LogP contribution >= 0.6 is 0 Å². The Morgan fingerprint density at radius 2 is 1.69 bits per heavy atom. The standard InChI is InChI=1S/C13H16N2O/c1-13(2,3)10-4-6-11(7-5-10)15-12(16)8-9-14-15/h4-9,16H,1-3H3. The molecule has 0 saturated heterocycles. The van der Waals surface area contributed by atoms with Crippen molar-refractivity contribution < 1.29 is 5.11 Å². The Morgan fingerprint density at radius 3 is 2.12 bits per heavy atom. The largest absolute Gasteiger partial charge is 0.493 e. The average Bonchev–Trinajstić information content (AvgIpc) is 2.63. The number of benzene rings is 1. The van der Waals surface area contributed by atoms with Crippen molar-refractivity contribution in [2.75, 3.05) is 0 Å². The van der Waals surface area contributed by atoms with Crippen molar-refractivity contribution in [2.24, 2.45) is 0 Å². The van der Waals surface area contributed by atoms with Crippen LogP contribution in [0.5, 0.6) is 5.88 Å². The summed E-state index contributed by atoms with van der Waals surface area (Å²) in [5, 5.41) is 13.6. The molecule has 1 aromatic heterocycles. The molecule has 1 heterocycles. The van der Waals surface area contributed by atoms with Crippen LogP contribution in [-0.2, 0) is 5.41 Å². The molecule has 3 heteroatoms. The lowest BCUT2D eigenvalue weighted by Crippen LogP contribution is -2.10. The molecule has 0 bridgehead atoms. The summed E-state index contributed by atoms with van der Waals surface area (Å²) in [6.07, 6.45) is 1.58. The third-order valence-corrected chi connectivity index (χ3v) is 2.60. The number of hydrogen-bond donors (Lipinski definition) is 1. The lowest BCUT2D eigenvalue weighted by atomic mass is 9.87. The summed E-state index contributed by atoms with van der Waals surface area (Å²) in [5.74, 6) is 0.156. The van der Waals surface area contributed by atoms with Gasteiger partial charge in [0.15, 0.2) is 0 Å². The van der Waals surface area contributed by atoms with Gasteiger partial charge >= 0.3 is 0 Å². The molecule has 0 aliphatic carbocycles. The van der Waals surface area contributed by atoms with E-state index in [2.05, 4.69) is 38.0 Å². The Hall–Kier alpha value is -1.77. The molecule has 0 fully saturated rings. The van der Waals surface area contributed by atoms with E-state index in [0.29, 0.717) is 0 Å². The highest BCUT2D eigenvalue weighted by Crippen LogP contribution is 2.24. The van der Waals surface area contributed by atoms with Crippen molar-refractivity contribution in [2.45, 2.75) is 26.2 Å². The quantitative estimate of drug-likeness (QED) is 0.796. The molecule has 0 amide bonds. The zero-order chi connectivity index (χ0) is 11.8. The average molecular weight is 216 g/mol. The molecule has 0 aliphatic heterocycles. The molecule has 1 N–H and O–H groups in total. The first-order chi connectivity index (χ1) is 7.48. The van der Waals surface area contributed by atoms with E-state index in [9.17, 15) is 5.11 Å². The molecule has 0 saturated carbocycles. The minimum atomic E-state index is 0.144. The second kappa shape index (κ2) is 3.67. The van der Waals surface area contributed by atoms with Crippen LogP contribution in [0.2, 0.25) is 0 Å². The summed E-state index contributed by atoms with van der Waals surface area (Å²) in [6, 6.07) is 9.63. The van der Waals surface area contributed by atoms with E-state index < -0.39 is 0 Å². The molecule has 0 radical (unpaired) electrons. The van der Waals surface area contributed by atoms with Gasteiger partial charge in [-0.05, 0) is 23.1 Å². The number of hydrogen-bond acceptors (Lipinski definition) is 2. The van der Waals surface area contributed by atoms with Crippen LogP contribution in [0.1, 0.15) is 26.3 Å². The van der Waals surface area contributed by atoms with Crippen LogP contribution in [0.3, 0.4) is 0 Å². The Kier molecular flexibility index (Phi) is 2.46. The molecule has 16 heavy (non-hydrogen) atoms. The highest BCUT2D eigenvalue weighted by Gasteiger charge is 2.13. The number of aromatic nitrogens is 2. The molecular formula is C13H16N2O. The first-order valence-corrected chi connectivity index (χ1v) is 5.32. The van der Waals surface area contributed by atoms with E-state index in [0.717, 1.165) is 5.69 Å². The lowest BCUT2D eigenvalue weighted by Gasteiger charge is -2.19. The second-order valence-corrected chi connectivity index (χ2v) is 4.90. The van der Waals surface area contributed by atoms with Gasteiger partial charge in [-0.2, -0.15) is 5.10 Å². The number of aromatic hydroxyl groups is 1. The van der Waals surface area contributed by atoms with Crippen molar-refractivity contribution in [1.82, 2.24) is 9.78 Å². The van der Waals surface area contributed by atoms with Gasteiger partial charge in [0, 0.05) is 6.07 Å². The van der Waals surface area contributed by atoms with Gasteiger partial charge in [-0.1, -0.05) is 32.9 Å². The third-order valence-electron chi connectivity index (χ3n) is 2.60. The van der Waals surface area contributed by atoms with E-state index >= 15 is 0 Å². The van der Waals surface area contributed by atoms with Crippen LogP contribution in [0.25, 0.3) is 5.69 Å². The summed E-state index contributed by atoms with van der Waals surface area (Å²) in [5.41, 5.74) is 2.28. The van der Waals surface area contributed by atoms with Crippen LogP contribution in [0.15, 0.2) is 36.5 Å². The van der Waals surface area contributed by atoms with Crippen LogP contribution < -0.4 is 0 Å². The van der Waals surface area contributed by atoms with Gasteiger partial charge in [0.1, 0.15) is 0 Å². The molecule has 2 rings (SSSR count). The maximum Gasteiger partial charge on any atom is 0.214 e. The Bertz CT molecular complexity index is 477. The van der Waals surface area contributed by atoms with Gasteiger partial charge in [-0.3, -0.25) is 0 Å². The van der Waals surface area contributed by atoms with Crippen LogP contribution in [0, 0.1) is 0 Å². The molecule has 3 nitrogen and oxygen atoms in total. The molecule has 0 unspecified atom stereocenters. The summed E-state index contributed by atoms with van der Waals surface area (Å²) in [7, 11) is 0. The van der Waals surface area contributed by atoms with Crippen molar-refractivity contribution in [3.8, 4) is 11.6 Å². The first kappa shape index (κ1) is 10.7. The molecule has 2 aromatic rings. The third kappa shape index (κ3) is 1.94. The van der Waals surface area contributed by atoms with Crippen LogP contribution in [-0.4, -0.2) is 14.9 Å². The van der Waals surface area contributed by atoms with Gasteiger partial charge in [-0.25, -0.2) is 4.68 Å².